The number of ether oxygens (including phenoxy) is 1. The van der Waals surface area contributed by atoms with Gasteiger partial charge < -0.3 is 9.64 Å². The lowest BCUT2D eigenvalue weighted by Crippen LogP contribution is -2.52. The number of carbonyl (C=O) groups excluding carboxylic acids is 1. The summed E-state index contributed by atoms with van der Waals surface area (Å²) in [6.45, 7) is -0.615. The van der Waals surface area contributed by atoms with Crippen molar-refractivity contribution in [2.45, 2.75) is 25.1 Å². The van der Waals surface area contributed by atoms with E-state index in [1.165, 1.54) is 16.9 Å². The first-order valence-electron chi connectivity index (χ1n) is 9.10. The molecule has 0 spiro atoms. The van der Waals surface area contributed by atoms with Gasteiger partial charge in [-0.3, -0.25) is 9.69 Å². The first-order chi connectivity index (χ1) is 14.2. The highest BCUT2D eigenvalue weighted by Gasteiger charge is 2.36. The van der Waals surface area contributed by atoms with Crippen LogP contribution in [0.5, 0.6) is 5.75 Å². The molecule has 2 heterocycles. The molecule has 0 saturated carbocycles. The van der Waals surface area contributed by atoms with Crippen molar-refractivity contribution in [3.63, 3.8) is 0 Å². The number of rotatable bonds is 5. The van der Waals surface area contributed by atoms with Crippen LogP contribution >= 0.6 is 22.9 Å². The van der Waals surface area contributed by atoms with E-state index in [2.05, 4.69) is 10.9 Å². The number of terminal acetylenes is 1. The van der Waals surface area contributed by atoms with Crippen LogP contribution in [-0.2, 0) is 0 Å². The molecule has 1 aliphatic rings. The number of thiazole rings is 1. The number of hydrogen-bond donors (Lipinski definition) is 0. The minimum atomic E-state index is -4.31. The second-order valence-corrected chi connectivity index (χ2v) is 8.09. The smallest absolute Gasteiger partial charge is 0.401 e. The summed E-state index contributed by atoms with van der Waals surface area (Å²) in [4.78, 5) is 20.3. The fourth-order valence-electron chi connectivity index (χ4n) is 3.49. The third kappa shape index (κ3) is 5.25. The molecule has 1 fully saturated rings. The number of anilines is 1. The SMILES string of the molecule is C#Cc1nc(C(=O)N(c2ccc(Cl)c(OC)c2)[C@@H]2CCCN(CC(F)(F)F)C2)cs1. The number of carbonyl (C=O) groups is 1. The van der Waals surface area contributed by atoms with Crippen LogP contribution in [0.3, 0.4) is 0 Å². The van der Waals surface area contributed by atoms with Crippen LogP contribution < -0.4 is 9.64 Å². The molecule has 0 bridgehead atoms. The summed E-state index contributed by atoms with van der Waals surface area (Å²) in [7, 11) is 1.45. The summed E-state index contributed by atoms with van der Waals surface area (Å²) >= 11 is 7.26. The lowest BCUT2D eigenvalue weighted by atomic mass is 10.0. The molecule has 1 amide bonds. The van der Waals surface area contributed by atoms with Crippen LogP contribution in [0.15, 0.2) is 23.6 Å². The normalized spacial score (nSPS) is 17.4. The lowest BCUT2D eigenvalue weighted by Gasteiger charge is -2.39. The van der Waals surface area contributed by atoms with Gasteiger partial charge in [-0.1, -0.05) is 11.6 Å². The molecule has 5 nitrogen and oxygen atoms in total. The van der Waals surface area contributed by atoms with Gasteiger partial charge in [0.05, 0.1) is 24.7 Å². The molecule has 2 aromatic rings. The number of benzene rings is 1. The van der Waals surface area contributed by atoms with Crippen molar-refractivity contribution >= 4 is 34.5 Å². The number of likely N-dealkylation sites (tertiary alicyclic amines) is 1. The zero-order valence-corrected chi connectivity index (χ0v) is 17.7. The Morgan fingerprint density at radius 3 is 2.90 bits per heavy atom. The van der Waals surface area contributed by atoms with Gasteiger partial charge in [0, 0.05) is 23.7 Å². The molecule has 0 N–H and O–H groups in total. The number of alkyl halides is 3. The Balaban J connectivity index is 1.97. The topological polar surface area (TPSA) is 45.7 Å². The van der Waals surface area contributed by atoms with E-state index in [0.29, 0.717) is 40.9 Å². The molecular weight excluding hydrogens is 439 g/mol. The van der Waals surface area contributed by atoms with E-state index in [1.807, 2.05) is 0 Å². The molecule has 0 aliphatic carbocycles. The molecule has 1 atom stereocenters. The van der Waals surface area contributed by atoms with Crippen molar-refractivity contribution in [3.05, 3.63) is 39.3 Å². The highest BCUT2D eigenvalue weighted by molar-refractivity contribution is 7.10. The average molecular weight is 458 g/mol. The van der Waals surface area contributed by atoms with Gasteiger partial charge in [0.1, 0.15) is 11.4 Å². The number of halogens is 4. The van der Waals surface area contributed by atoms with E-state index in [-0.39, 0.29) is 12.2 Å². The van der Waals surface area contributed by atoms with Gasteiger partial charge in [0.25, 0.3) is 5.91 Å². The van der Waals surface area contributed by atoms with Crippen LogP contribution in [0.25, 0.3) is 0 Å². The molecule has 1 aromatic heterocycles. The first kappa shape index (κ1) is 22.4. The predicted octanol–water partition coefficient (Wildman–Crippen LogP) is 4.46. The van der Waals surface area contributed by atoms with E-state index in [9.17, 15) is 18.0 Å². The third-order valence-corrected chi connectivity index (χ3v) is 5.81. The van der Waals surface area contributed by atoms with Crippen molar-refractivity contribution in [2.24, 2.45) is 0 Å². The Morgan fingerprint density at radius 2 is 2.27 bits per heavy atom. The Kier molecular flexibility index (Phi) is 6.91. The van der Waals surface area contributed by atoms with Gasteiger partial charge in [0.2, 0.25) is 0 Å². The van der Waals surface area contributed by atoms with E-state index < -0.39 is 24.7 Å². The Labute approximate surface area is 181 Å². The van der Waals surface area contributed by atoms with Crippen molar-refractivity contribution in [1.82, 2.24) is 9.88 Å². The largest absolute Gasteiger partial charge is 0.495 e. The summed E-state index contributed by atoms with van der Waals surface area (Å²) in [6.07, 6.45) is 2.13. The van der Waals surface area contributed by atoms with Gasteiger partial charge in [0.15, 0.2) is 5.01 Å². The van der Waals surface area contributed by atoms with Crippen molar-refractivity contribution in [1.29, 1.82) is 0 Å². The molecule has 10 heteroatoms. The number of aromatic nitrogens is 1. The zero-order chi connectivity index (χ0) is 21.9. The zero-order valence-electron chi connectivity index (χ0n) is 16.1. The molecular formula is C20H19ClF3N3O2S. The van der Waals surface area contributed by atoms with Gasteiger partial charge in [-0.2, -0.15) is 13.2 Å². The fourth-order valence-corrected chi connectivity index (χ4v) is 4.28. The van der Waals surface area contributed by atoms with E-state index in [0.717, 1.165) is 11.3 Å². The van der Waals surface area contributed by atoms with E-state index in [4.69, 9.17) is 22.8 Å². The highest BCUT2D eigenvalue weighted by atomic mass is 35.5. The van der Waals surface area contributed by atoms with Crippen LogP contribution in [0, 0.1) is 12.3 Å². The Hall–Kier alpha value is -2.28. The summed E-state index contributed by atoms with van der Waals surface area (Å²) in [6, 6.07) is 4.34. The first-order valence-corrected chi connectivity index (χ1v) is 10.4. The Bertz CT molecular complexity index is 958. The molecule has 1 aliphatic heterocycles. The van der Waals surface area contributed by atoms with Gasteiger partial charge >= 0.3 is 6.18 Å². The summed E-state index contributed by atoms with van der Waals surface area (Å²) in [5.74, 6) is 2.31. The van der Waals surface area contributed by atoms with Crippen molar-refractivity contribution < 1.29 is 22.7 Å². The maximum Gasteiger partial charge on any atom is 0.401 e. The minimum Gasteiger partial charge on any atom is -0.495 e. The molecule has 1 aromatic carbocycles. The maximum absolute atomic E-state index is 13.3. The molecule has 3 rings (SSSR count). The van der Waals surface area contributed by atoms with Gasteiger partial charge in [-0.25, -0.2) is 4.98 Å². The molecule has 160 valence electrons. The number of nitrogens with zero attached hydrogens (tertiary/aromatic N) is 3. The number of piperidine rings is 1. The lowest BCUT2D eigenvalue weighted by molar-refractivity contribution is -0.148. The predicted molar refractivity (Wildman–Crippen MR) is 110 cm³/mol. The second kappa shape index (κ2) is 9.25. The van der Waals surface area contributed by atoms with Crippen molar-refractivity contribution in [3.8, 4) is 18.1 Å². The molecule has 0 radical (unpaired) electrons. The monoisotopic (exact) mass is 457 g/mol. The van der Waals surface area contributed by atoms with Gasteiger partial charge in [-0.05, 0) is 37.4 Å². The summed E-state index contributed by atoms with van der Waals surface area (Å²) in [5, 5.41) is 2.27. The summed E-state index contributed by atoms with van der Waals surface area (Å²) in [5.41, 5.74) is 0.616. The number of hydrogen-bond acceptors (Lipinski definition) is 5. The van der Waals surface area contributed by atoms with Crippen molar-refractivity contribution in [2.75, 3.05) is 31.6 Å². The minimum absolute atomic E-state index is 0.0856. The summed E-state index contributed by atoms with van der Waals surface area (Å²) < 4.78 is 44.0. The van der Waals surface area contributed by atoms with Crippen LogP contribution in [0.2, 0.25) is 5.02 Å². The standard InChI is InChI=1S/C20H19ClF3N3O2S/c1-3-18-25-16(11-30-18)19(28)27(13-6-7-15(21)17(9-13)29-2)14-5-4-8-26(10-14)12-20(22,23)24/h1,6-7,9,11,14H,4-5,8,10,12H2,2H3/t14-/m1/s1. The fraction of sp³-hybridized carbons (Fsp3) is 0.400. The molecule has 0 unspecified atom stereocenters. The van der Waals surface area contributed by atoms with Gasteiger partial charge in [-0.15, -0.1) is 17.8 Å². The Morgan fingerprint density at radius 1 is 1.50 bits per heavy atom. The van der Waals surface area contributed by atoms with E-state index >= 15 is 0 Å². The average Bonchev–Trinajstić information content (AvgIpc) is 3.17. The van der Waals surface area contributed by atoms with E-state index in [1.54, 1.807) is 23.6 Å². The third-order valence-electron chi connectivity index (χ3n) is 4.73. The number of methoxy groups -OCH3 is 1. The second-order valence-electron chi connectivity index (χ2n) is 6.82. The highest BCUT2D eigenvalue weighted by Crippen LogP contribution is 2.33. The van der Waals surface area contributed by atoms with Crippen LogP contribution in [-0.4, -0.2) is 54.8 Å². The molecule has 30 heavy (non-hydrogen) atoms. The van der Waals surface area contributed by atoms with Crippen LogP contribution in [0.1, 0.15) is 28.3 Å². The number of amides is 1. The molecule has 1 saturated heterocycles. The quantitative estimate of drug-likeness (QED) is 0.622. The maximum atomic E-state index is 13.3. The van der Waals surface area contributed by atoms with Crippen LogP contribution in [0.4, 0.5) is 18.9 Å².